The summed E-state index contributed by atoms with van der Waals surface area (Å²) in [7, 11) is 0. The van der Waals surface area contributed by atoms with E-state index in [2.05, 4.69) is 17.1 Å². The van der Waals surface area contributed by atoms with Gasteiger partial charge in [-0.25, -0.2) is 0 Å². The smallest absolute Gasteiger partial charge is 0.0628 e. The first kappa shape index (κ1) is 14.1. The Labute approximate surface area is 118 Å². The minimum absolute atomic E-state index is 0.00989. The highest BCUT2D eigenvalue weighted by Gasteiger charge is 2.24. The molecule has 0 aromatic heterocycles. The summed E-state index contributed by atoms with van der Waals surface area (Å²) in [5, 5.41) is 14.1. The van der Waals surface area contributed by atoms with Gasteiger partial charge in [-0.1, -0.05) is 29.3 Å². The Hall–Kier alpha value is -0.320. The first-order chi connectivity index (χ1) is 8.61. The average molecular weight is 289 g/mol. The van der Waals surface area contributed by atoms with Crippen molar-refractivity contribution in [2.45, 2.75) is 19.0 Å². The van der Waals surface area contributed by atoms with Crippen molar-refractivity contribution >= 4 is 23.2 Å². The van der Waals surface area contributed by atoms with Crippen molar-refractivity contribution < 1.29 is 5.11 Å². The van der Waals surface area contributed by atoms with E-state index in [-0.39, 0.29) is 12.6 Å². The lowest BCUT2D eigenvalue weighted by Crippen LogP contribution is -2.50. The molecule has 1 aliphatic rings. The zero-order valence-electron chi connectivity index (χ0n) is 10.4. The molecular formula is C13H18Cl2N2O. The molecular weight excluding hydrogens is 271 g/mol. The predicted molar refractivity (Wildman–Crippen MR) is 75.3 cm³/mol. The molecule has 1 aliphatic heterocycles. The van der Waals surface area contributed by atoms with Crippen molar-refractivity contribution in [2.24, 2.45) is 0 Å². The molecule has 0 saturated carbocycles. The van der Waals surface area contributed by atoms with E-state index >= 15 is 0 Å². The van der Waals surface area contributed by atoms with Gasteiger partial charge in [0, 0.05) is 25.7 Å². The third-order valence-electron chi connectivity index (χ3n) is 3.34. The van der Waals surface area contributed by atoms with E-state index in [0.717, 1.165) is 25.2 Å². The Morgan fingerprint density at radius 3 is 2.83 bits per heavy atom. The number of nitrogens with one attached hydrogen (secondary N) is 1. The maximum Gasteiger partial charge on any atom is 0.0628 e. The lowest BCUT2D eigenvalue weighted by molar-refractivity contribution is 0.0963. The van der Waals surface area contributed by atoms with E-state index in [9.17, 15) is 5.11 Å². The molecule has 1 aromatic carbocycles. The molecule has 1 fully saturated rings. The molecule has 0 bridgehead atoms. The number of aliphatic hydroxyl groups excluding tert-OH is 1. The average Bonchev–Trinajstić information content (AvgIpc) is 2.35. The Morgan fingerprint density at radius 2 is 2.22 bits per heavy atom. The number of piperazine rings is 1. The predicted octanol–water partition coefficient (Wildman–Crippen LogP) is 2.32. The van der Waals surface area contributed by atoms with Crippen molar-refractivity contribution in [1.82, 2.24) is 10.2 Å². The number of rotatable bonds is 3. The first-order valence-corrected chi connectivity index (χ1v) is 6.90. The van der Waals surface area contributed by atoms with Gasteiger partial charge in [-0.3, -0.25) is 4.90 Å². The largest absolute Gasteiger partial charge is 0.394 e. The highest BCUT2D eigenvalue weighted by Crippen LogP contribution is 2.28. The molecule has 0 amide bonds. The second-order valence-corrected chi connectivity index (χ2v) is 5.54. The number of hydrogen-bond acceptors (Lipinski definition) is 3. The minimum Gasteiger partial charge on any atom is -0.394 e. The van der Waals surface area contributed by atoms with Crippen LogP contribution < -0.4 is 5.32 Å². The van der Waals surface area contributed by atoms with E-state index in [0.29, 0.717) is 16.1 Å². The van der Waals surface area contributed by atoms with Gasteiger partial charge in [-0.15, -0.1) is 0 Å². The van der Waals surface area contributed by atoms with Crippen LogP contribution in [0.4, 0.5) is 0 Å². The number of nitrogens with zero attached hydrogens (tertiary/aromatic N) is 1. The van der Waals surface area contributed by atoms with Gasteiger partial charge in [0.05, 0.1) is 22.7 Å². The SMILES string of the molecule is CC1CN(C(CO)c2ccc(Cl)c(Cl)c2)CCN1. The molecule has 100 valence electrons. The van der Waals surface area contributed by atoms with Crippen LogP contribution in [0, 0.1) is 0 Å². The van der Waals surface area contributed by atoms with Crippen LogP contribution in [0.15, 0.2) is 18.2 Å². The summed E-state index contributed by atoms with van der Waals surface area (Å²) < 4.78 is 0. The molecule has 3 nitrogen and oxygen atoms in total. The van der Waals surface area contributed by atoms with Crippen LogP contribution in [0.2, 0.25) is 10.0 Å². The van der Waals surface area contributed by atoms with E-state index in [1.54, 1.807) is 6.07 Å². The van der Waals surface area contributed by atoms with Crippen molar-refractivity contribution in [3.63, 3.8) is 0 Å². The molecule has 5 heteroatoms. The molecule has 18 heavy (non-hydrogen) atoms. The molecule has 1 aromatic rings. The van der Waals surface area contributed by atoms with E-state index in [4.69, 9.17) is 23.2 Å². The fraction of sp³-hybridized carbons (Fsp3) is 0.538. The summed E-state index contributed by atoms with van der Waals surface area (Å²) in [5.41, 5.74) is 1.01. The molecule has 2 rings (SSSR count). The molecule has 2 atom stereocenters. The van der Waals surface area contributed by atoms with Gasteiger partial charge in [-0.05, 0) is 24.6 Å². The summed E-state index contributed by atoms with van der Waals surface area (Å²) in [6.45, 7) is 5.03. The van der Waals surface area contributed by atoms with Crippen LogP contribution >= 0.6 is 23.2 Å². The Kier molecular flexibility index (Phi) is 4.87. The van der Waals surface area contributed by atoms with Crippen molar-refractivity contribution in [3.8, 4) is 0 Å². The van der Waals surface area contributed by atoms with Gasteiger partial charge in [0.2, 0.25) is 0 Å². The highest BCUT2D eigenvalue weighted by molar-refractivity contribution is 6.42. The third-order valence-corrected chi connectivity index (χ3v) is 4.08. The lowest BCUT2D eigenvalue weighted by atomic mass is 10.0. The maximum atomic E-state index is 9.64. The van der Waals surface area contributed by atoms with Crippen LogP contribution in [0.1, 0.15) is 18.5 Å². The third kappa shape index (κ3) is 3.16. The standard InChI is InChI=1S/C13H18Cl2N2O/c1-9-7-17(5-4-16-9)13(8-18)10-2-3-11(14)12(15)6-10/h2-3,6,9,13,16,18H,4-5,7-8H2,1H3. The van der Waals surface area contributed by atoms with Gasteiger partial charge in [0.15, 0.2) is 0 Å². The quantitative estimate of drug-likeness (QED) is 0.896. The van der Waals surface area contributed by atoms with Gasteiger partial charge in [0.25, 0.3) is 0 Å². The fourth-order valence-corrected chi connectivity index (χ4v) is 2.70. The van der Waals surface area contributed by atoms with E-state index in [1.165, 1.54) is 0 Å². The van der Waals surface area contributed by atoms with Gasteiger partial charge in [-0.2, -0.15) is 0 Å². The van der Waals surface area contributed by atoms with E-state index in [1.807, 2.05) is 12.1 Å². The monoisotopic (exact) mass is 288 g/mol. The fourth-order valence-electron chi connectivity index (χ4n) is 2.40. The number of benzene rings is 1. The van der Waals surface area contributed by atoms with Crippen molar-refractivity contribution in [3.05, 3.63) is 33.8 Å². The topological polar surface area (TPSA) is 35.5 Å². The van der Waals surface area contributed by atoms with Crippen molar-refractivity contribution in [1.29, 1.82) is 0 Å². The highest BCUT2D eigenvalue weighted by atomic mass is 35.5. The molecule has 1 saturated heterocycles. The van der Waals surface area contributed by atoms with Crippen molar-refractivity contribution in [2.75, 3.05) is 26.2 Å². The normalized spacial score (nSPS) is 23.0. The Morgan fingerprint density at radius 1 is 1.44 bits per heavy atom. The summed E-state index contributed by atoms with van der Waals surface area (Å²) >= 11 is 12.0. The summed E-state index contributed by atoms with van der Waals surface area (Å²) in [6.07, 6.45) is 0. The maximum absolute atomic E-state index is 9.64. The lowest BCUT2D eigenvalue weighted by Gasteiger charge is -2.37. The van der Waals surface area contributed by atoms with Crippen LogP contribution in [0.3, 0.4) is 0 Å². The molecule has 0 radical (unpaired) electrons. The van der Waals surface area contributed by atoms with Gasteiger partial charge >= 0.3 is 0 Å². The second kappa shape index (κ2) is 6.22. The molecule has 0 aliphatic carbocycles. The second-order valence-electron chi connectivity index (χ2n) is 4.72. The van der Waals surface area contributed by atoms with Gasteiger partial charge < -0.3 is 10.4 Å². The zero-order chi connectivity index (χ0) is 13.1. The van der Waals surface area contributed by atoms with Crippen LogP contribution in [0.25, 0.3) is 0 Å². The van der Waals surface area contributed by atoms with Crippen LogP contribution in [0.5, 0.6) is 0 Å². The first-order valence-electron chi connectivity index (χ1n) is 6.15. The molecule has 0 spiro atoms. The summed E-state index contributed by atoms with van der Waals surface area (Å²) in [4.78, 5) is 2.28. The van der Waals surface area contributed by atoms with Crippen LogP contribution in [-0.4, -0.2) is 42.3 Å². The minimum atomic E-state index is -0.00989. The molecule has 2 unspecified atom stereocenters. The van der Waals surface area contributed by atoms with Gasteiger partial charge in [0.1, 0.15) is 0 Å². The summed E-state index contributed by atoms with van der Waals surface area (Å²) in [5.74, 6) is 0. The number of aliphatic hydroxyl groups is 1. The summed E-state index contributed by atoms with van der Waals surface area (Å²) in [6, 6.07) is 5.99. The zero-order valence-corrected chi connectivity index (χ0v) is 11.9. The Balaban J connectivity index is 2.18. The van der Waals surface area contributed by atoms with Crippen LogP contribution in [-0.2, 0) is 0 Å². The van der Waals surface area contributed by atoms with E-state index < -0.39 is 0 Å². The molecule has 2 N–H and O–H groups in total. The molecule has 1 heterocycles. The number of halogens is 2. The number of hydrogen-bond donors (Lipinski definition) is 2. The Bertz CT molecular complexity index is 414.